The molecule has 0 fully saturated rings. The van der Waals surface area contributed by atoms with Crippen molar-refractivity contribution < 1.29 is 19.1 Å². The van der Waals surface area contributed by atoms with Crippen LogP contribution in [0.15, 0.2) is 91.0 Å². The molecule has 0 aliphatic rings. The topological polar surface area (TPSA) is 76.7 Å². The predicted octanol–water partition coefficient (Wildman–Crippen LogP) is 4.67. The third-order valence-corrected chi connectivity index (χ3v) is 5.39. The van der Waals surface area contributed by atoms with Gasteiger partial charge in [0.1, 0.15) is 0 Å². The summed E-state index contributed by atoms with van der Waals surface area (Å²) in [5, 5.41) is 6.67. The summed E-state index contributed by atoms with van der Waals surface area (Å²) in [5.74, 6) is -1.30. The zero-order chi connectivity index (χ0) is 22.8. The van der Waals surface area contributed by atoms with Crippen molar-refractivity contribution >= 4 is 23.3 Å². The zero-order valence-electron chi connectivity index (χ0n) is 18.3. The third kappa shape index (κ3) is 5.46. The van der Waals surface area contributed by atoms with Gasteiger partial charge in [-0.25, -0.2) is 0 Å². The summed E-state index contributed by atoms with van der Waals surface area (Å²) in [6, 6.07) is 28.4. The molecule has 0 spiro atoms. The van der Waals surface area contributed by atoms with Crippen LogP contribution in [0.3, 0.4) is 0 Å². The molecule has 0 aromatic heterocycles. The van der Waals surface area contributed by atoms with Crippen molar-refractivity contribution in [2.24, 2.45) is 5.41 Å². The van der Waals surface area contributed by atoms with Crippen LogP contribution < -0.4 is 10.6 Å². The van der Waals surface area contributed by atoms with Gasteiger partial charge in [-0.2, -0.15) is 0 Å². The number of carbonyl (C=O) groups is 2. The molecule has 0 saturated heterocycles. The van der Waals surface area contributed by atoms with E-state index in [1.807, 2.05) is 91.0 Å². The van der Waals surface area contributed by atoms with Gasteiger partial charge < -0.3 is 20.1 Å². The number of rotatable bonds is 10. The van der Waals surface area contributed by atoms with Crippen LogP contribution in [0.2, 0.25) is 0 Å². The van der Waals surface area contributed by atoms with Gasteiger partial charge in [0.15, 0.2) is 5.41 Å². The maximum atomic E-state index is 13.1. The Bertz CT molecular complexity index is 978. The van der Waals surface area contributed by atoms with Gasteiger partial charge in [-0.3, -0.25) is 9.59 Å². The van der Waals surface area contributed by atoms with Crippen molar-refractivity contribution in [1.29, 1.82) is 0 Å². The first-order valence-electron chi connectivity index (χ1n) is 10.4. The van der Waals surface area contributed by atoms with Gasteiger partial charge in [-0.1, -0.05) is 66.7 Å². The summed E-state index contributed by atoms with van der Waals surface area (Å²) in [4.78, 5) is 26.2. The number of methoxy groups -OCH3 is 2. The molecule has 3 aromatic carbocycles. The molecule has 1 atom stereocenters. The van der Waals surface area contributed by atoms with Crippen LogP contribution in [-0.4, -0.2) is 32.7 Å². The molecule has 0 bridgehead atoms. The van der Waals surface area contributed by atoms with Crippen molar-refractivity contribution in [3.05, 3.63) is 96.6 Å². The summed E-state index contributed by atoms with van der Waals surface area (Å²) in [5.41, 5.74) is 1.04. The van der Waals surface area contributed by atoms with Crippen molar-refractivity contribution in [1.82, 2.24) is 0 Å². The highest BCUT2D eigenvalue weighted by atomic mass is 16.5. The molecule has 2 N–H and O–H groups in total. The van der Waals surface area contributed by atoms with Crippen molar-refractivity contribution in [2.75, 3.05) is 31.4 Å². The van der Waals surface area contributed by atoms with Crippen LogP contribution >= 0.6 is 0 Å². The van der Waals surface area contributed by atoms with Gasteiger partial charge in [0.2, 0.25) is 0 Å². The molecule has 0 amide bonds. The van der Waals surface area contributed by atoms with E-state index in [0.29, 0.717) is 0 Å². The molecule has 3 aromatic rings. The average molecular weight is 433 g/mol. The van der Waals surface area contributed by atoms with Gasteiger partial charge >= 0.3 is 11.9 Å². The number of para-hydroxylation sites is 2. The minimum absolute atomic E-state index is 0.0240. The van der Waals surface area contributed by atoms with E-state index in [1.54, 1.807) is 0 Å². The van der Waals surface area contributed by atoms with Gasteiger partial charge in [0.05, 0.1) is 20.3 Å². The van der Waals surface area contributed by atoms with Crippen LogP contribution in [0.1, 0.15) is 18.0 Å². The molecule has 0 aliphatic carbocycles. The Balaban J connectivity index is 1.99. The molecule has 6 nitrogen and oxygen atoms in total. The lowest BCUT2D eigenvalue weighted by Gasteiger charge is -2.33. The second-order valence-corrected chi connectivity index (χ2v) is 7.46. The number of esters is 2. The standard InChI is InChI=1S/C26H28N2O4/c1-31-24(29)26(25(30)32-2,19-27-21-14-8-4-9-15-21)18-23(20-12-6-3-7-13-20)28-22-16-10-5-11-17-22/h3-17,23,27-28H,18-19H2,1-2H3. The minimum Gasteiger partial charge on any atom is -0.468 e. The second kappa shape index (κ2) is 11.0. The molecule has 0 radical (unpaired) electrons. The molecule has 6 heteroatoms. The van der Waals surface area contributed by atoms with Crippen molar-refractivity contribution in [3.63, 3.8) is 0 Å². The number of hydrogen-bond acceptors (Lipinski definition) is 6. The van der Waals surface area contributed by atoms with E-state index in [2.05, 4.69) is 10.6 Å². The lowest BCUT2D eigenvalue weighted by atomic mass is 9.79. The fourth-order valence-corrected chi connectivity index (χ4v) is 3.69. The van der Waals surface area contributed by atoms with Gasteiger partial charge in [-0.05, 0) is 29.8 Å². The largest absolute Gasteiger partial charge is 0.468 e. The van der Waals surface area contributed by atoms with Gasteiger partial charge in [0.25, 0.3) is 0 Å². The highest BCUT2D eigenvalue weighted by molar-refractivity contribution is 6.00. The Morgan fingerprint density at radius 2 is 1.22 bits per heavy atom. The van der Waals surface area contributed by atoms with Crippen LogP contribution in [0, 0.1) is 5.41 Å². The van der Waals surface area contributed by atoms with E-state index in [1.165, 1.54) is 14.2 Å². The molecule has 1 unspecified atom stereocenters. The Labute approximate surface area is 188 Å². The number of hydrogen-bond donors (Lipinski definition) is 2. The van der Waals surface area contributed by atoms with E-state index < -0.39 is 17.4 Å². The van der Waals surface area contributed by atoms with E-state index in [0.717, 1.165) is 16.9 Å². The molecule has 166 valence electrons. The number of ether oxygens (including phenoxy) is 2. The number of carbonyl (C=O) groups excluding carboxylic acids is 2. The van der Waals surface area contributed by atoms with Crippen molar-refractivity contribution in [2.45, 2.75) is 12.5 Å². The van der Waals surface area contributed by atoms with Crippen LogP contribution in [0.25, 0.3) is 0 Å². The highest BCUT2D eigenvalue weighted by Crippen LogP contribution is 2.36. The predicted molar refractivity (Wildman–Crippen MR) is 125 cm³/mol. The average Bonchev–Trinajstić information content (AvgIpc) is 2.86. The quantitative estimate of drug-likeness (QED) is 0.358. The normalized spacial score (nSPS) is 11.8. The Hall–Kier alpha value is -3.80. The molecular weight excluding hydrogens is 404 g/mol. The van der Waals surface area contributed by atoms with E-state index in [-0.39, 0.29) is 19.0 Å². The summed E-state index contributed by atoms with van der Waals surface area (Å²) in [6.45, 7) is 0.0240. The summed E-state index contributed by atoms with van der Waals surface area (Å²) < 4.78 is 10.2. The number of nitrogens with one attached hydrogen (secondary N) is 2. The Morgan fingerprint density at radius 1 is 0.750 bits per heavy atom. The Kier molecular flexibility index (Phi) is 7.86. The molecular formula is C26H28N2O4. The smallest absolute Gasteiger partial charge is 0.325 e. The van der Waals surface area contributed by atoms with Gasteiger partial charge in [-0.15, -0.1) is 0 Å². The molecule has 32 heavy (non-hydrogen) atoms. The first-order valence-corrected chi connectivity index (χ1v) is 10.4. The molecule has 0 aliphatic heterocycles. The second-order valence-electron chi connectivity index (χ2n) is 7.46. The maximum Gasteiger partial charge on any atom is 0.325 e. The first kappa shape index (κ1) is 22.9. The summed E-state index contributed by atoms with van der Waals surface area (Å²) >= 11 is 0. The fourth-order valence-electron chi connectivity index (χ4n) is 3.69. The minimum atomic E-state index is -1.57. The van der Waals surface area contributed by atoms with Crippen LogP contribution in [-0.2, 0) is 19.1 Å². The lowest BCUT2D eigenvalue weighted by molar-refractivity contribution is -0.168. The molecule has 0 saturated carbocycles. The summed E-state index contributed by atoms with van der Waals surface area (Å²) in [6.07, 6.45) is 0.130. The summed E-state index contributed by atoms with van der Waals surface area (Å²) in [7, 11) is 2.56. The SMILES string of the molecule is COC(=O)C(CNc1ccccc1)(CC(Nc1ccccc1)c1ccccc1)C(=O)OC. The van der Waals surface area contributed by atoms with Gasteiger partial charge in [0, 0.05) is 24.3 Å². The third-order valence-electron chi connectivity index (χ3n) is 5.39. The van der Waals surface area contributed by atoms with Crippen LogP contribution in [0.4, 0.5) is 11.4 Å². The first-order chi connectivity index (χ1) is 15.6. The van der Waals surface area contributed by atoms with E-state index in [4.69, 9.17) is 9.47 Å². The molecule has 0 heterocycles. The maximum absolute atomic E-state index is 13.1. The monoisotopic (exact) mass is 432 g/mol. The van der Waals surface area contributed by atoms with Crippen molar-refractivity contribution in [3.8, 4) is 0 Å². The number of anilines is 2. The number of benzene rings is 3. The highest BCUT2D eigenvalue weighted by Gasteiger charge is 2.50. The lowest BCUT2D eigenvalue weighted by Crippen LogP contribution is -2.48. The van der Waals surface area contributed by atoms with Crippen LogP contribution in [0.5, 0.6) is 0 Å². The zero-order valence-corrected chi connectivity index (χ0v) is 18.3. The fraction of sp³-hybridized carbons (Fsp3) is 0.231. The van der Waals surface area contributed by atoms with E-state index >= 15 is 0 Å². The Morgan fingerprint density at radius 3 is 1.72 bits per heavy atom. The molecule has 3 rings (SSSR count). The van der Waals surface area contributed by atoms with E-state index in [9.17, 15) is 9.59 Å².